The Morgan fingerprint density at radius 2 is 1.94 bits per heavy atom. The van der Waals surface area contributed by atoms with E-state index in [1.54, 1.807) is 49.6 Å². The molecule has 10 heteroatoms. The van der Waals surface area contributed by atoms with Gasteiger partial charge in [-0.15, -0.1) is 0 Å². The van der Waals surface area contributed by atoms with Gasteiger partial charge in [0.05, 0.1) is 24.1 Å². The first-order valence-electron chi connectivity index (χ1n) is 10.9. The fourth-order valence-corrected chi connectivity index (χ4v) is 3.68. The number of fused-ring (bicyclic) bond motifs is 2. The molecule has 5 rings (SSSR count). The number of imidazole rings is 1. The van der Waals surface area contributed by atoms with E-state index in [-0.39, 0.29) is 5.91 Å². The van der Waals surface area contributed by atoms with Gasteiger partial charge in [-0.05, 0) is 48.0 Å². The lowest BCUT2D eigenvalue weighted by molar-refractivity contribution is -0.115. The van der Waals surface area contributed by atoms with Crippen LogP contribution >= 0.6 is 0 Å². The minimum Gasteiger partial charge on any atom is -0.491 e. The van der Waals surface area contributed by atoms with E-state index in [1.165, 1.54) is 0 Å². The molecule has 0 aliphatic carbocycles. The van der Waals surface area contributed by atoms with E-state index in [2.05, 4.69) is 30.4 Å². The van der Waals surface area contributed by atoms with Crippen molar-refractivity contribution in [1.82, 2.24) is 14.9 Å². The van der Waals surface area contributed by atoms with E-state index in [0.717, 1.165) is 33.6 Å². The van der Waals surface area contributed by atoms with Crippen LogP contribution in [0.2, 0.25) is 0 Å². The Bertz CT molecular complexity index is 1490. The second-order valence-electron chi connectivity index (χ2n) is 7.84. The van der Waals surface area contributed by atoms with Gasteiger partial charge in [0.1, 0.15) is 18.2 Å². The number of hydrogen-bond acceptors (Lipinski definition) is 6. The zero-order valence-corrected chi connectivity index (χ0v) is 18.8. The SMILES string of the molecule is COCCOc1ccc2nc(-c3ccc(C(=O)N=[N+]=Nc4ccc5c(c4)CC(=O)N5)cc3)[nH]c2c1. The number of carbonyl (C=O) groups is 2. The van der Waals surface area contributed by atoms with Crippen molar-refractivity contribution in [2.45, 2.75) is 6.42 Å². The van der Waals surface area contributed by atoms with Gasteiger partial charge >= 0.3 is 5.91 Å². The molecule has 35 heavy (non-hydrogen) atoms. The van der Waals surface area contributed by atoms with E-state index < -0.39 is 5.91 Å². The van der Waals surface area contributed by atoms with Crippen molar-refractivity contribution in [2.75, 3.05) is 25.6 Å². The molecule has 0 atom stereocenters. The molecular formula is C25H21N6O4+. The van der Waals surface area contributed by atoms with Crippen LogP contribution in [0.5, 0.6) is 5.75 Å². The minimum atomic E-state index is -0.513. The Morgan fingerprint density at radius 1 is 1.09 bits per heavy atom. The van der Waals surface area contributed by atoms with E-state index in [9.17, 15) is 9.59 Å². The van der Waals surface area contributed by atoms with Crippen molar-refractivity contribution >= 4 is 34.2 Å². The first-order valence-corrected chi connectivity index (χ1v) is 10.9. The number of nitrogens with one attached hydrogen (secondary N) is 2. The molecule has 2 heterocycles. The third-order valence-electron chi connectivity index (χ3n) is 5.42. The Kier molecular flexibility index (Phi) is 6.13. The average molecular weight is 469 g/mol. The second-order valence-corrected chi connectivity index (χ2v) is 7.84. The lowest BCUT2D eigenvalue weighted by Gasteiger charge is -2.04. The summed E-state index contributed by atoms with van der Waals surface area (Å²) in [7, 11) is 1.63. The van der Waals surface area contributed by atoms with Crippen molar-refractivity contribution in [3.8, 4) is 17.1 Å². The Balaban J connectivity index is 1.27. The van der Waals surface area contributed by atoms with Crippen LogP contribution in [0.1, 0.15) is 15.9 Å². The number of hydrogen-bond donors (Lipinski definition) is 2. The van der Waals surface area contributed by atoms with Crippen LogP contribution in [0, 0.1) is 0 Å². The lowest BCUT2D eigenvalue weighted by atomic mass is 10.1. The van der Waals surface area contributed by atoms with Crippen molar-refractivity contribution in [3.63, 3.8) is 0 Å². The molecule has 10 nitrogen and oxygen atoms in total. The molecular weight excluding hydrogens is 448 g/mol. The van der Waals surface area contributed by atoms with E-state index in [0.29, 0.717) is 36.7 Å². The number of aromatic nitrogens is 2. The van der Waals surface area contributed by atoms with Gasteiger partial charge in [0, 0.05) is 30.0 Å². The van der Waals surface area contributed by atoms with E-state index in [1.807, 2.05) is 18.2 Å². The summed E-state index contributed by atoms with van der Waals surface area (Å²) in [6, 6.07) is 17.7. The van der Waals surface area contributed by atoms with Gasteiger partial charge in [-0.2, -0.15) is 0 Å². The number of carbonyl (C=O) groups excluding carboxylic acids is 2. The first kappa shape index (κ1) is 22.1. The summed E-state index contributed by atoms with van der Waals surface area (Å²) in [5, 5.41) is 10.4. The van der Waals surface area contributed by atoms with Crippen molar-refractivity contribution in [3.05, 3.63) is 71.8 Å². The van der Waals surface area contributed by atoms with Gasteiger partial charge in [-0.1, -0.05) is 12.1 Å². The van der Waals surface area contributed by atoms with Crippen LogP contribution in [-0.2, 0) is 16.0 Å². The summed E-state index contributed by atoms with van der Waals surface area (Å²) in [4.78, 5) is 35.4. The zero-order chi connectivity index (χ0) is 24.2. The van der Waals surface area contributed by atoms with Crippen molar-refractivity contribution < 1.29 is 19.1 Å². The summed E-state index contributed by atoms with van der Waals surface area (Å²) in [6.07, 6.45) is 0.301. The highest BCUT2D eigenvalue weighted by atomic mass is 16.5. The van der Waals surface area contributed by atoms with Crippen LogP contribution in [0.15, 0.2) is 70.9 Å². The molecule has 2 amide bonds. The molecule has 4 aromatic rings. The number of nitrogens with zero attached hydrogens (tertiary/aromatic N) is 4. The smallest absolute Gasteiger partial charge is 0.360 e. The van der Waals surface area contributed by atoms with Crippen LogP contribution in [0.4, 0.5) is 11.4 Å². The summed E-state index contributed by atoms with van der Waals surface area (Å²) in [5.41, 5.74) is 4.97. The quantitative estimate of drug-likeness (QED) is 0.238. The maximum atomic E-state index is 12.4. The monoisotopic (exact) mass is 469 g/mol. The highest BCUT2D eigenvalue weighted by Gasteiger charge is 2.18. The average Bonchev–Trinajstić information content (AvgIpc) is 3.46. The molecule has 0 unspecified atom stereocenters. The second kappa shape index (κ2) is 9.68. The molecule has 1 aromatic heterocycles. The molecule has 1 aliphatic rings. The van der Waals surface area contributed by atoms with Crippen LogP contribution in [-0.4, -0.2) is 42.1 Å². The Hall–Kier alpha value is -4.66. The number of H-pyrrole nitrogens is 1. The number of rotatable bonds is 7. The van der Waals surface area contributed by atoms with Gasteiger partial charge in [-0.25, -0.2) is 4.98 Å². The Morgan fingerprint density at radius 3 is 2.77 bits per heavy atom. The first-order chi connectivity index (χ1) is 17.1. The molecule has 0 bridgehead atoms. The van der Waals surface area contributed by atoms with E-state index >= 15 is 0 Å². The molecule has 0 radical (unpaired) electrons. The molecule has 174 valence electrons. The molecule has 0 saturated heterocycles. The fraction of sp³-hybridized carbons (Fsp3) is 0.160. The molecule has 1 aliphatic heterocycles. The number of methoxy groups -OCH3 is 1. The zero-order valence-electron chi connectivity index (χ0n) is 18.8. The summed E-state index contributed by atoms with van der Waals surface area (Å²) >= 11 is 0. The van der Waals surface area contributed by atoms with Crippen LogP contribution in [0.25, 0.3) is 22.4 Å². The van der Waals surface area contributed by atoms with Gasteiger partial charge in [0.2, 0.25) is 15.9 Å². The van der Waals surface area contributed by atoms with E-state index in [4.69, 9.17) is 9.47 Å². The Labute approximate surface area is 199 Å². The highest BCUT2D eigenvalue weighted by molar-refractivity contribution is 5.99. The number of benzene rings is 3. The molecule has 0 spiro atoms. The topological polar surface area (TPSA) is 132 Å². The molecule has 0 fully saturated rings. The maximum absolute atomic E-state index is 12.4. The number of amides is 2. The summed E-state index contributed by atoms with van der Waals surface area (Å²) < 4.78 is 10.6. The van der Waals surface area contributed by atoms with Crippen molar-refractivity contribution in [2.24, 2.45) is 10.2 Å². The predicted molar refractivity (Wildman–Crippen MR) is 129 cm³/mol. The molecule has 2 N–H and O–H groups in total. The third-order valence-corrected chi connectivity index (χ3v) is 5.42. The maximum Gasteiger partial charge on any atom is 0.360 e. The van der Waals surface area contributed by atoms with Gasteiger partial charge in [-0.3, -0.25) is 9.59 Å². The van der Waals surface area contributed by atoms with Crippen LogP contribution in [0.3, 0.4) is 0 Å². The van der Waals surface area contributed by atoms with Gasteiger partial charge in [0.25, 0.3) is 0 Å². The number of ether oxygens (including phenoxy) is 2. The van der Waals surface area contributed by atoms with Crippen LogP contribution < -0.4 is 15.0 Å². The number of anilines is 1. The van der Waals surface area contributed by atoms with Gasteiger partial charge in [0.15, 0.2) is 10.8 Å². The van der Waals surface area contributed by atoms with Gasteiger partial charge < -0.3 is 19.8 Å². The fourth-order valence-electron chi connectivity index (χ4n) is 3.68. The lowest BCUT2D eigenvalue weighted by Crippen LogP contribution is -2.03. The predicted octanol–water partition coefficient (Wildman–Crippen LogP) is 4.19. The highest BCUT2D eigenvalue weighted by Crippen LogP contribution is 2.27. The summed E-state index contributed by atoms with van der Waals surface area (Å²) in [5.74, 6) is 0.832. The largest absolute Gasteiger partial charge is 0.491 e. The standard InChI is InChI=1S/C25H20N6O4/c1-34-10-11-35-19-7-9-21-22(14-19)28-24(27-21)15-2-4-16(5-3-15)25(33)30-31-29-18-6-8-20-17(12-18)13-23(32)26-20/h2-9,12,14H,10-11,13H2,1H3,(H,27,28,33)/p+1. The van der Waals surface area contributed by atoms with Crippen molar-refractivity contribution in [1.29, 1.82) is 0 Å². The summed E-state index contributed by atoms with van der Waals surface area (Å²) in [6.45, 7) is 0.980. The third kappa shape index (κ3) is 4.98. The normalized spacial score (nSPS) is 12.1. The molecule has 3 aromatic carbocycles. The minimum absolute atomic E-state index is 0.0586. The molecule has 0 saturated carbocycles. The number of aromatic amines is 1.